The molecule has 3 aromatic carbocycles. The van der Waals surface area contributed by atoms with Crippen molar-refractivity contribution in [3.63, 3.8) is 0 Å². The van der Waals surface area contributed by atoms with E-state index in [1.807, 2.05) is 49.4 Å². The van der Waals surface area contributed by atoms with Crippen molar-refractivity contribution in [3.8, 4) is 0 Å². The SMILES string of the molecule is Cc1cc(B(O)O)ccc1N(c1ccccc1)c1ccccc1. The van der Waals surface area contributed by atoms with E-state index in [0.29, 0.717) is 5.46 Å². The van der Waals surface area contributed by atoms with Gasteiger partial charge < -0.3 is 14.9 Å². The van der Waals surface area contributed by atoms with E-state index in [1.165, 1.54) is 0 Å². The monoisotopic (exact) mass is 303 g/mol. The number of hydrogen-bond donors (Lipinski definition) is 2. The molecule has 0 radical (unpaired) electrons. The van der Waals surface area contributed by atoms with Crippen molar-refractivity contribution in [2.24, 2.45) is 0 Å². The summed E-state index contributed by atoms with van der Waals surface area (Å²) < 4.78 is 0. The fraction of sp³-hybridized carbons (Fsp3) is 0.0526. The number of hydrogen-bond acceptors (Lipinski definition) is 3. The van der Waals surface area contributed by atoms with E-state index in [2.05, 4.69) is 29.2 Å². The first-order valence-electron chi connectivity index (χ1n) is 7.54. The van der Waals surface area contributed by atoms with Gasteiger partial charge in [0.15, 0.2) is 0 Å². The Morgan fingerprint density at radius 1 is 0.739 bits per heavy atom. The van der Waals surface area contributed by atoms with Gasteiger partial charge in [-0.1, -0.05) is 48.5 Å². The minimum Gasteiger partial charge on any atom is -0.423 e. The third kappa shape index (κ3) is 3.28. The molecule has 4 heteroatoms. The molecular weight excluding hydrogens is 285 g/mol. The van der Waals surface area contributed by atoms with Crippen molar-refractivity contribution in [3.05, 3.63) is 84.4 Å². The molecule has 23 heavy (non-hydrogen) atoms. The zero-order chi connectivity index (χ0) is 16.2. The molecule has 0 aliphatic rings. The maximum atomic E-state index is 9.35. The standard InChI is InChI=1S/C19H18BNO2/c1-15-14-16(20(22)23)12-13-19(15)21(17-8-4-2-5-9-17)18-10-6-3-7-11-18/h2-14,22-23H,1H3. The molecule has 3 nitrogen and oxygen atoms in total. The van der Waals surface area contributed by atoms with Crippen LogP contribution in [0.15, 0.2) is 78.9 Å². The normalized spacial score (nSPS) is 10.4. The van der Waals surface area contributed by atoms with Gasteiger partial charge in [-0.15, -0.1) is 0 Å². The van der Waals surface area contributed by atoms with Gasteiger partial charge in [-0.2, -0.15) is 0 Å². The minimum atomic E-state index is -1.45. The summed E-state index contributed by atoms with van der Waals surface area (Å²) in [6.07, 6.45) is 0. The molecule has 0 aromatic heterocycles. The molecule has 0 aliphatic carbocycles. The smallest absolute Gasteiger partial charge is 0.423 e. The Kier molecular flexibility index (Phi) is 4.46. The Labute approximate surface area is 136 Å². The molecule has 0 saturated heterocycles. The van der Waals surface area contributed by atoms with E-state index in [9.17, 15) is 10.0 Å². The van der Waals surface area contributed by atoms with E-state index < -0.39 is 7.12 Å². The van der Waals surface area contributed by atoms with Crippen molar-refractivity contribution in [2.45, 2.75) is 6.92 Å². The summed E-state index contributed by atoms with van der Waals surface area (Å²) >= 11 is 0. The number of rotatable bonds is 4. The molecule has 0 spiro atoms. The van der Waals surface area contributed by atoms with Gasteiger partial charge in [0.2, 0.25) is 0 Å². The van der Waals surface area contributed by atoms with Gasteiger partial charge in [0.25, 0.3) is 0 Å². The van der Waals surface area contributed by atoms with Crippen molar-refractivity contribution < 1.29 is 10.0 Å². The average molecular weight is 303 g/mol. The molecule has 0 atom stereocenters. The Morgan fingerprint density at radius 3 is 1.70 bits per heavy atom. The molecule has 114 valence electrons. The first kappa shape index (κ1) is 15.3. The summed E-state index contributed by atoms with van der Waals surface area (Å²) in [4.78, 5) is 2.16. The van der Waals surface area contributed by atoms with Gasteiger partial charge in [-0.3, -0.25) is 0 Å². The van der Waals surface area contributed by atoms with E-state index in [4.69, 9.17) is 0 Å². The second-order valence-corrected chi connectivity index (χ2v) is 5.43. The lowest BCUT2D eigenvalue weighted by Gasteiger charge is -2.27. The van der Waals surface area contributed by atoms with Crippen LogP contribution in [0.25, 0.3) is 0 Å². The molecule has 3 rings (SSSR count). The van der Waals surface area contributed by atoms with Crippen molar-refractivity contribution >= 4 is 29.6 Å². The van der Waals surface area contributed by atoms with Crippen molar-refractivity contribution in [2.75, 3.05) is 4.90 Å². The molecule has 0 heterocycles. The molecule has 0 fully saturated rings. The number of para-hydroxylation sites is 2. The lowest BCUT2D eigenvalue weighted by molar-refractivity contribution is 0.426. The molecule has 0 unspecified atom stereocenters. The van der Waals surface area contributed by atoms with Crippen LogP contribution in [0.2, 0.25) is 0 Å². The van der Waals surface area contributed by atoms with Crippen LogP contribution >= 0.6 is 0 Å². The van der Waals surface area contributed by atoms with Crippen molar-refractivity contribution in [1.29, 1.82) is 0 Å². The topological polar surface area (TPSA) is 43.7 Å². The number of benzene rings is 3. The van der Waals surface area contributed by atoms with Crippen LogP contribution in [0.1, 0.15) is 5.56 Å². The first-order chi connectivity index (χ1) is 11.2. The maximum Gasteiger partial charge on any atom is 0.488 e. The highest BCUT2D eigenvalue weighted by Crippen LogP contribution is 2.35. The van der Waals surface area contributed by atoms with Gasteiger partial charge in [-0.05, 0) is 48.3 Å². The van der Waals surface area contributed by atoms with E-state index in [-0.39, 0.29) is 0 Å². The summed E-state index contributed by atoms with van der Waals surface area (Å²) in [5, 5.41) is 18.7. The predicted molar refractivity (Wildman–Crippen MR) is 95.7 cm³/mol. The van der Waals surface area contributed by atoms with E-state index in [0.717, 1.165) is 22.6 Å². The zero-order valence-electron chi connectivity index (χ0n) is 12.9. The Morgan fingerprint density at radius 2 is 1.26 bits per heavy atom. The summed E-state index contributed by atoms with van der Waals surface area (Å²) in [5.74, 6) is 0. The molecule has 3 aromatic rings. The van der Waals surface area contributed by atoms with Gasteiger partial charge >= 0.3 is 7.12 Å². The molecule has 2 N–H and O–H groups in total. The van der Waals surface area contributed by atoms with Gasteiger partial charge in [0, 0.05) is 17.1 Å². The highest BCUT2D eigenvalue weighted by Gasteiger charge is 2.17. The molecular formula is C19H18BNO2. The second kappa shape index (κ2) is 6.69. The summed E-state index contributed by atoms with van der Waals surface area (Å²) in [6, 6.07) is 25.7. The van der Waals surface area contributed by atoms with Gasteiger partial charge in [0.05, 0.1) is 0 Å². The van der Waals surface area contributed by atoms with Crippen LogP contribution in [-0.2, 0) is 0 Å². The van der Waals surface area contributed by atoms with E-state index in [1.54, 1.807) is 12.1 Å². The number of aryl methyl sites for hydroxylation is 1. The summed E-state index contributed by atoms with van der Waals surface area (Å²) in [6.45, 7) is 1.97. The quantitative estimate of drug-likeness (QED) is 0.728. The molecule has 0 amide bonds. The zero-order valence-corrected chi connectivity index (χ0v) is 12.9. The van der Waals surface area contributed by atoms with Crippen LogP contribution in [0, 0.1) is 6.92 Å². The Bertz CT molecular complexity index is 736. The number of nitrogens with zero attached hydrogens (tertiary/aromatic N) is 1. The highest BCUT2D eigenvalue weighted by molar-refractivity contribution is 6.58. The predicted octanol–water partition coefficient (Wildman–Crippen LogP) is 3.14. The van der Waals surface area contributed by atoms with Crippen LogP contribution in [-0.4, -0.2) is 17.2 Å². The minimum absolute atomic E-state index is 0.493. The Hall–Kier alpha value is -2.56. The van der Waals surface area contributed by atoms with Crippen LogP contribution in [0.5, 0.6) is 0 Å². The molecule has 0 aliphatic heterocycles. The summed E-state index contributed by atoms with van der Waals surface area (Å²) in [7, 11) is -1.45. The lowest BCUT2D eigenvalue weighted by Crippen LogP contribution is -2.30. The van der Waals surface area contributed by atoms with Crippen molar-refractivity contribution in [1.82, 2.24) is 0 Å². The molecule has 0 bridgehead atoms. The third-order valence-electron chi connectivity index (χ3n) is 3.79. The average Bonchev–Trinajstić information content (AvgIpc) is 2.58. The Balaban J connectivity index is 2.13. The fourth-order valence-electron chi connectivity index (χ4n) is 2.67. The van der Waals surface area contributed by atoms with Crippen LogP contribution < -0.4 is 10.4 Å². The lowest BCUT2D eigenvalue weighted by atomic mass is 9.79. The van der Waals surface area contributed by atoms with Crippen LogP contribution in [0.4, 0.5) is 17.1 Å². The third-order valence-corrected chi connectivity index (χ3v) is 3.79. The molecule has 0 saturated carbocycles. The summed E-state index contributed by atoms with van der Waals surface area (Å²) in [5.41, 5.74) is 4.58. The van der Waals surface area contributed by atoms with Crippen LogP contribution in [0.3, 0.4) is 0 Å². The van der Waals surface area contributed by atoms with Gasteiger partial charge in [0.1, 0.15) is 0 Å². The first-order valence-corrected chi connectivity index (χ1v) is 7.54. The van der Waals surface area contributed by atoms with E-state index >= 15 is 0 Å². The maximum absolute atomic E-state index is 9.35. The number of anilines is 3. The second-order valence-electron chi connectivity index (χ2n) is 5.43. The highest BCUT2D eigenvalue weighted by atomic mass is 16.4. The van der Waals surface area contributed by atoms with Gasteiger partial charge in [-0.25, -0.2) is 0 Å². The largest absolute Gasteiger partial charge is 0.488 e. The fourth-order valence-corrected chi connectivity index (χ4v) is 2.67.